The van der Waals surface area contributed by atoms with Crippen molar-refractivity contribution in [3.05, 3.63) is 48.0 Å². The fourth-order valence-electron chi connectivity index (χ4n) is 2.86. The Kier molecular flexibility index (Phi) is 5.52. The number of aliphatic hydroxyl groups is 1. The molecule has 4 atom stereocenters. The molecule has 1 aromatic rings. The zero-order valence-electron chi connectivity index (χ0n) is 13.4. The zero-order chi connectivity index (χ0) is 17.0. The van der Waals surface area contributed by atoms with E-state index < -0.39 is 30.4 Å². The molecule has 0 saturated carbocycles. The van der Waals surface area contributed by atoms with Crippen LogP contribution in [0.3, 0.4) is 0 Å². The van der Waals surface area contributed by atoms with Crippen molar-refractivity contribution in [3.63, 3.8) is 0 Å². The molecule has 0 radical (unpaired) electrons. The predicted molar refractivity (Wildman–Crippen MR) is 85.3 cm³/mol. The maximum absolute atomic E-state index is 13.1. The second-order valence-electron chi connectivity index (χ2n) is 6.39. The number of carbonyl (C=O) groups excluding carboxylic acids is 1. The van der Waals surface area contributed by atoms with Gasteiger partial charge in [0.2, 0.25) is 0 Å². The van der Waals surface area contributed by atoms with Crippen LogP contribution in [0, 0.1) is 5.92 Å². The largest absolute Gasteiger partial charge is 0.389 e. The molecule has 0 spiro atoms. The molecule has 126 valence electrons. The van der Waals surface area contributed by atoms with Crippen molar-refractivity contribution >= 4 is 5.91 Å². The Labute approximate surface area is 135 Å². The molecule has 3 nitrogen and oxygen atoms in total. The van der Waals surface area contributed by atoms with Gasteiger partial charge in [0.1, 0.15) is 0 Å². The summed E-state index contributed by atoms with van der Waals surface area (Å²) in [7, 11) is 0. The molecule has 1 aliphatic heterocycles. The number of rotatable bonds is 6. The highest BCUT2D eigenvalue weighted by molar-refractivity contribution is 5.86. The second kappa shape index (κ2) is 7.21. The first-order valence-corrected chi connectivity index (χ1v) is 7.89. The Morgan fingerprint density at radius 3 is 2.57 bits per heavy atom. The van der Waals surface area contributed by atoms with E-state index in [1.54, 1.807) is 0 Å². The number of carbonyl (C=O) groups is 1. The Morgan fingerprint density at radius 1 is 1.35 bits per heavy atom. The van der Waals surface area contributed by atoms with Gasteiger partial charge in [-0.3, -0.25) is 4.79 Å². The molecule has 1 heterocycles. The van der Waals surface area contributed by atoms with Gasteiger partial charge in [-0.2, -0.15) is 8.78 Å². The molecule has 0 aliphatic carbocycles. The van der Waals surface area contributed by atoms with Gasteiger partial charge in [0.25, 0.3) is 5.91 Å². The minimum Gasteiger partial charge on any atom is -0.389 e. The van der Waals surface area contributed by atoms with Gasteiger partial charge >= 0.3 is 5.92 Å². The van der Waals surface area contributed by atoms with E-state index in [2.05, 4.69) is 24.4 Å². The topological polar surface area (TPSA) is 49.3 Å². The van der Waals surface area contributed by atoms with Crippen LogP contribution < -0.4 is 5.32 Å². The van der Waals surface area contributed by atoms with Crippen LogP contribution in [0.1, 0.15) is 38.2 Å². The van der Waals surface area contributed by atoms with Gasteiger partial charge in [0, 0.05) is 6.42 Å². The predicted octanol–water partition coefficient (Wildman–Crippen LogP) is 3.26. The van der Waals surface area contributed by atoms with Gasteiger partial charge in [-0.1, -0.05) is 56.3 Å². The van der Waals surface area contributed by atoms with E-state index >= 15 is 0 Å². The molecule has 2 N–H and O–H groups in total. The summed E-state index contributed by atoms with van der Waals surface area (Å²) in [4.78, 5) is 11.0. The van der Waals surface area contributed by atoms with Crippen LogP contribution in [0.15, 0.2) is 42.5 Å². The summed E-state index contributed by atoms with van der Waals surface area (Å²) >= 11 is 0. The van der Waals surface area contributed by atoms with Gasteiger partial charge in [-0.15, -0.1) is 0 Å². The number of hydrogen-bond donors (Lipinski definition) is 2. The number of hydrogen-bond acceptors (Lipinski definition) is 2. The van der Waals surface area contributed by atoms with Crippen molar-refractivity contribution in [1.29, 1.82) is 0 Å². The van der Waals surface area contributed by atoms with Crippen molar-refractivity contribution in [2.75, 3.05) is 0 Å². The smallest absolute Gasteiger partial charge is 0.326 e. The van der Waals surface area contributed by atoms with E-state index in [1.165, 1.54) is 17.7 Å². The highest BCUT2D eigenvalue weighted by Crippen LogP contribution is 2.28. The lowest BCUT2D eigenvalue weighted by Gasteiger charge is -2.20. The Hall–Kier alpha value is -1.75. The molecular formula is C18H23F2NO2. The van der Waals surface area contributed by atoms with E-state index in [4.69, 9.17) is 0 Å². The van der Waals surface area contributed by atoms with E-state index in [0.29, 0.717) is 5.92 Å². The number of halogens is 2. The summed E-state index contributed by atoms with van der Waals surface area (Å²) in [6.07, 6.45) is 2.47. The third kappa shape index (κ3) is 4.61. The van der Waals surface area contributed by atoms with Crippen LogP contribution in [-0.4, -0.2) is 29.1 Å². The van der Waals surface area contributed by atoms with Crippen molar-refractivity contribution in [2.45, 2.75) is 50.7 Å². The highest BCUT2D eigenvalue weighted by atomic mass is 19.3. The van der Waals surface area contributed by atoms with E-state index in [-0.39, 0.29) is 5.92 Å². The van der Waals surface area contributed by atoms with Crippen LogP contribution in [0.5, 0.6) is 0 Å². The third-order valence-corrected chi connectivity index (χ3v) is 4.34. The van der Waals surface area contributed by atoms with Gasteiger partial charge < -0.3 is 10.4 Å². The van der Waals surface area contributed by atoms with Crippen LogP contribution in [0.25, 0.3) is 0 Å². The Morgan fingerprint density at radius 2 is 2.00 bits per heavy atom. The molecule has 2 rings (SSSR count). The van der Waals surface area contributed by atoms with Crippen LogP contribution in [-0.2, 0) is 4.79 Å². The molecule has 1 aromatic carbocycles. The fourth-order valence-corrected chi connectivity index (χ4v) is 2.86. The van der Waals surface area contributed by atoms with E-state index in [9.17, 15) is 18.7 Å². The monoisotopic (exact) mass is 323 g/mol. The number of nitrogens with one attached hydrogen (secondary N) is 1. The van der Waals surface area contributed by atoms with Gasteiger partial charge in [0.15, 0.2) is 0 Å². The number of alkyl halides is 2. The summed E-state index contributed by atoms with van der Waals surface area (Å²) in [5.74, 6) is -4.27. The summed E-state index contributed by atoms with van der Waals surface area (Å²) in [6.45, 7) is 4.02. The van der Waals surface area contributed by atoms with Crippen molar-refractivity contribution in [1.82, 2.24) is 5.32 Å². The molecule has 1 amide bonds. The maximum Gasteiger partial charge on any atom is 0.326 e. The average molecular weight is 323 g/mol. The first-order valence-electron chi connectivity index (χ1n) is 7.89. The van der Waals surface area contributed by atoms with Crippen molar-refractivity contribution in [2.24, 2.45) is 5.92 Å². The lowest BCUT2D eigenvalue weighted by Crippen LogP contribution is -2.30. The maximum atomic E-state index is 13.1. The number of amides is 1. The first-order chi connectivity index (χ1) is 10.8. The van der Waals surface area contributed by atoms with Crippen LogP contribution >= 0.6 is 0 Å². The number of aliphatic hydroxyl groups excluding tert-OH is 1. The molecule has 5 heteroatoms. The molecule has 0 aromatic heterocycles. The Bertz CT molecular complexity index is 559. The minimum atomic E-state index is -3.31. The van der Waals surface area contributed by atoms with Crippen molar-refractivity contribution < 1.29 is 18.7 Å². The Balaban J connectivity index is 1.87. The van der Waals surface area contributed by atoms with Crippen LogP contribution in [0.2, 0.25) is 0 Å². The van der Waals surface area contributed by atoms with Crippen LogP contribution in [0.4, 0.5) is 8.78 Å². The zero-order valence-corrected chi connectivity index (χ0v) is 13.4. The molecule has 1 aliphatic rings. The lowest BCUT2D eigenvalue weighted by atomic mass is 9.88. The van der Waals surface area contributed by atoms with Gasteiger partial charge in [-0.25, -0.2) is 0 Å². The summed E-state index contributed by atoms with van der Waals surface area (Å²) in [6, 6.07) is 9.31. The standard InChI is InChI=1S/C18H23F2NO2/c1-12(14-6-4-3-5-7-14)10-13(2)16(22)9-8-15-11-18(19,20)17(23)21-15/h3-9,12-13,15-16,22H,10-11H2,1-2H3,(H,21,23)/b9-8+/t12?,13-,15-,16+/m0/s1. The molecule has 23 heavy (non-hydrogen) atoms. The average Bonchev–Trinajstić information content (AvgIpc) is 2.78. The molecule has 1 fully saturated rings. The summed E-state index contributed by atoms with van der Waals surface area (Å²) in [5, 5.41) is 12.4. The van der Waals surface area contributed by atoms with Crippen molar-refractivity contribution in [3.8, 4) is 0 Å². The first kappa shape index (κ1) is 17.6. The van der Waals surface area contributed by atoms with Gasteiger partial charge in [0.05, 0.1) is 12.1 Å². The second-order valence-corrected chi connectivity index (χ2v) is 6.39. The summed E-state index contributed by atoms with van der Waals surface area (Å²) in [5.41, 5.74) is 1.21. The SMILES string of the molecule is CC(C[C@H](C)[C@H](O)/C=C/[C@H]1CC(F)(F)C(=O)N1)c1ccccc1. The minimum absolute atomic E-state index is 0.0147. The number of benzene rings is 1. The molecule has 1 unspecified atom stereocenters. The highest BCUT2D eigenvalue weighted by Gasteiger charge is 2.47. The quantitative estimate of drug-likeness (QED) is 0.790. The molecular weight excluding hydrogens is 300 g/mol. The molecule has 0 bridgehead atoms. The summed E-state index contributed by atoms with van der Waals surface area (Å²) < 4.78 is 26.2. The van der Waals surface area contributed by atoms with E-state index in [1.807, 2.05) is 25.1 Å². The normalized spacial score (nSPS) is 24.4. The molecule has 1 saturated heterocycles. The van der Waals surface area contributed by atoms with Gasteiger partial charge in [-0.05, 0) is 23.8 Å². The fraction of sp³-hybridized carbons (Fsp3) is 0.500. The van der Waals surface area contributed by atoms with E-state index in [0.717, 1.165) is 6.42 Å². The third-order valence-electron chi connectivity index (χ3n) is 4.34. The lowest BCUT2D eigenvalue weighted by molar-refractivity contribution is -0.139.